The Bertz CT molecular complexity index is 431. The number of carbonyl (C=O) groups is 1. The van der Waals surface area contributed by atoms with Gasteiger partial charge in [0.2, 0.25) is 5.91 Å². The van der Waals surface area contributed by atoms with Crippen molar-refractivity contribution in [1.82, 2.24) is 10.2 Å². The molecule has 0 aliphatic heterocycles. The summed E-state index contributed by atoms with van der Waals surface area (Å²) in [5.74, 6) is 0.188. The third-order valence-corrected chi connectivity index (χ3v) is 3.80. The van der Waals surface area contributed by atoms with Crippen LogP contribution in [0, 0.1) is 11.7 Å². The van der Waals surface area contributed by atoms with Crippen LogP contribution in [0.25, 0.3) is 0 Å². The molecular weight excluding hydrogens is 255 g/mol. The first-order chi connectivity index (χ1) is 9.31. The van der Waals surface area contributed by atoms with E-state index in [9.17, 15) is 9.18 Å². The van der Waals surface area contributed by atoms with E-state index in [4.69, 9.17) is 0 Å². The van der Waals surface area contributed by atoms with Gasteiger partial charge in [0, 0.05) is 12.1 Å². The lowest BCUT2D eigenvalue weighted by Crippen LogP contribution is -2.42. The smallest absolute Gasteiger partial charge is 0.234 e. The molecule has 1 aromatic rings. The summed E-state index contributed by atoms with van der Waals surface area (Å²) >= 11 is 0. The number of benzene rings is 1. The van der Waals surface area contributed by atoms with Crippen molar-refractivity contribution < 1.29 is 9.18 Å². The molecule has 20 heavy (non-hydrogen) atoms. The minimum Gasteiger partial charge on any atom is -0.352 e. The second kappa shape index (κ2) is 7.39. The maximum Gasteiger partial charge on any atom is 0.234 e. The molecule has 0 saturated carbocycles. The highest BCUT2D eigenvalue weighted by atomic mass is 19.1. The molecule has 0 saturated heterocycles. The van der Waals surface area contributed by atoms with Gasteiger partial charge in [-0.05, 0) is 44.5 Å². The molecule has 0 heterocycles. The molecule has 1 amide bonds. The Morgan fingerprint density at radius 3 is 2.25 bits per heavy atom. The molecule has 1 N–H and O–H groups in total. The highest BCUT2D eigenvalue weighted by Gasteiger charge is 2.17. The van der Waals surface area contributed by atoms with Gasteiger partial charge < -0.3 is 5.32 Å². The van der Waals surface area contributed by atoms with Gasteiger partial charge >= 0.3 is 0 Å². The van der Waals surface area contributed by atoms with Gasteiger partial charge in [0.15, 0.2) is 0 Å². The fourth-order valence-corrected chi connectivity index (χ4v) is 1.83. The van der Waals surface area contributed by atoms with Crippen molar-refractivity contribution in [2.45, 2.75) is 39.8 Å². The van der Waals surface area contributed by atoms with Crippen LogP contribution in [-0.2, 0) is 4.79 Å². The first-order valence-electron chi connectivity index (χ1n) is 7.06. The predicted octanol–water partition coefficient (Wildman–Crippen LogP) is 2.98. The van der Waals surface area contributed by atoms with E-state index >= 15 is 0 Å². The Morgan fingerprint density at radius 1 is 1.20 bits per heavy atom. The second-order valence-corrected chi connectivity index (χ2v) is 5.74. The lowest BCUT2D eigenvalue weighted by Gasteiger charge is -2.26. The SMILES string of the molecule is CC(C)C(C)NC(=O)CN(C)C(C)c1ccc(F)cc1. The van der Waals surface area contributed by atoms with Gasteiger partial charge in [0.05, 0.1) is 6.54 Å². The number of nitrogens with one attached hydrogen (secondary N) is 1. The van der Waals surface area contributed by atoms with Crippen molar-refractivity contribution in [2.24, 2.45) is 5.92 Å². The van der Waals surface area contributed by atoms with Gasteiger partial charge in [-0.1, -0.05) is 26.0 Å². The van der Waals surface area contributed by atoms with E-state index in [0.717, 1.165) is 5.56 Å². The Balaban J connectivity index is 2.55. The number of amides is 1. The Morgan fingerprint density at radius 2 is 1.75 bits per heavy atom. The van der Waals surface area contributed by atoms with Crippen LogP contribution in [0.1, 0.15) is 39.3 Å². The van der Waals surface area contributed by atoms with E-state index in [1.54, 1.807) is 12.1 Å². The molecule has 0 aromatic heterocycles. The highest BCUT2D eigenvalue weighted by molar-refractivity contribution is 5.78. The molecule has 1 rings (SSSR count). The molecule has 0 fully saturated rings. The van der Waals surface area contributed by atoms with Gasteiger partial charge in [-0.3, -0.25) is 9.69 Å². The van der Waals surface area contributed by atoms with Crippen LogP contribution in [0.4, 0.5) is 4.39 Å². The van der Waals surface area contributed by atoms with E-state index in [0.29, 0.717) is 12.5 Å². The number of carbonyl (C=O) groups excluding carboxylic acids is 1. The van der Waals surface area contributed by atoms with Gasteiger partial charge in [-0.25, -0.2) is 4.39 Å². The number of rotatable bonds is 6. The summed E-state index contributed by atoms with van der Waals surface area (Å²) in [6.07, 6.45) is 0. The average Bonchev–Trinajstić information content (AvgIpc) is 2.38. The second-order valence-electron chi connectivity index (χ2n) is 5.74. The number of hydrogen-bond donors (Lipinski definition) is 1. The molecular formula is C16H25FN2O. The Labute approximate surface area is 121 Å². The van der Waals surface area contributed by atoms with E-state index in [-0.39, 0.29) is 23.8 Å². The monoisotopic (exact) mass is 280 g/mol. The topological polar surface area (TPSA) is 32.3 Å². The lowest BCUT2D eigenvalue weighted by atomic mass is 10.1. The molecule has 0 aliphatic rings. The van der Waals surface area contributed by atoms with Crippen LogP contribution in [-0.4, -0.2) is 30.4 Å². The summed E-state index contributed by atoms with van der Waals surface area (Å²) in [7, 11) is 1.90. The van der Waals surface area contributed by atoms with Gasteiger partial charge in [-0.2, -0.15) is 0 Å². The lowest BCUT2D eigenvalue weighted by molar-refractivity contribution is -0.123. The summed E-state index contributed by atoms with van der Waals surface area (Å²) in [5, 5.41) is 2.99. The van der Waals surface area contributed by atoms with Crippen LogP contribution in [0.3, 0.4) is 0 Å². The number of nitrogens with zero attached hydrogens (tertiary/aromatic N) is 1. The van der Waals surface area contributed by atoms with E-state index < -0.39 is 0 Å². The minimum absolute atomic E-state index is 0.0164. The molecule has 0 radical (unpaired) electrons. The van der Waals surface area contributed by atoms with E-state index in [1.165, 1.54) is 12.1 Å². The zero-order chi connectivity index (χ0) is 15.3. The van der Waals surface area contributed by atoms with Crippen molar-refractivity contribution >= 4 is 5.91 Å². The van der Waals surface area contributed by atoms with Gasteiger partial charge in [0.25, 0.3) is 0 Å². The van der Waals surface area contributed by atoms with Crippen molar-refractivity contribution in [3.05, 3.63) is 35.6 Å². The zero-order valence-electron chi connectivity index (χ0n) is 13.0. The van der Waals surface area contributed by atoms with Crippen LogP contribution < -0.4 is 5.32 Å². The molecule has 2 atom stereocenters. The number of halogens is 1. The fraction of sp³-hybridized carbons (Fsp3) is 0.562. The highest BCUT2D eigenvalue weighted by Crippen LogP contribution is 2.18. The molecule has 0 spiro atoms. The van der Waals surface area contributed by atoms with Gasteiger partial charge in [-0.15, -0.1) is 0 Å². The first-order valence-corrected chi connectivity index (χ1v) is 7.06. The normalized spacial score (nSPS) is 14.4. The maximum atomic E-state index is 12.9. The number of hydrogen-bond acceptors (Lipinski definition) is 2. The Kier molecular flexibility index (Phi) is 6.14. The van der Waals surface area contributed by atoms with Crippen LogP contribution in [0.5, 0.6) is 0 Å². The van der Waals surface area contributed by atoms with Crippen LogP contribution in [0.15, 0.2) is 24.3 Å². The van der Waals surface area contributed by atoms with Crippen molar-refractivity contribution in [3.63, 3.8) is 0 Å². The van der Waals surface area contributed by atoms with E-state index in [2.05, 4.69) is 19.2 Å². The molecule has 4 heteroatoms. The quantitative estimate of drug-likeness (QED) is 0.869. The van der Waals surface area contributed by atoms with Crippen LogP contribution >= 0.6 is 0 Å². The summed E-state index contributed by atoms with van der Waals surface area (Å²) < 4.78 is 12.9. The molecule has 1 aromatic carbocycles. The largest absolute Gasteiger partial charge is 0.352 e. The summed E-state index contributed by atoms with van der Waals surface area (Å²) in [5.41, 5.74) is 0.999. The molecule has 0 aliphatic carbocycles. The van der Waals surface area contributed by atoms with E-state index in [1.807, 2.05) is 25.8 Å². The average molecular weight is 280 g/mol. The van der Waals surface area contributed by atoms with Crippen molar-refractivity contribution in [3.8, 4) is 0 Å². The third-order valence-electron chi connectivity index (χ3n) is 3.80. The molecule has 3 nitrogen and oxygen atoms in total. The molecule has 112 valence electrons. The number of likely N-dealkylation sites (N-methyl/N-ethyl adjacent to an activating group) is 1. The predicted molar refractivity (Wildman–Crippen MR) is 79.9 cm³/mol. The standard InChI is InChI=1S/C16H25FN2O/c1-11(2)12(3)18-16(20)10-19(5)13(4)14-6-8-15(17)9-7-14/h6-9,11-13H,10H2,1-5H3,(H,18,20). The molecule has 0 bridgehead atoms. The molecule has 2 unspecified atom stereocenters. The third kappa shape index (κ3) is 4.93. The maximum absolute atomic E-state index is 12.9. The van der Waals surface area contributed by atoms with Crippen molar-refractivity contribution in [1.29, 1.82) is 0 Å². The summed E-state index contributed by atoms with van der Waals surface area (Å²) in [6.45, 7) is 8.50. The summed E-state index contributed by atoms with van der Waals surface area (Å²) in [4.78, 5) is 13.9. The van der Waals surface area contributed by atoms with Crippen LogP contribution in [0.2, 0.25) is 0 Å². The van der Waals surface area contributed by atoms with Crippen molar-refractivity contribution in [2.75, 3.05) is 13.6 Å². The fourth-order valence-electron chi connectivity index (χ4n) is 1.83. The first kappa shape index (κ1) is 16.6. The Hall–Kier alpha value is -1.42. The van der Waals surface area contributed by atoms with Gasteiger partial charge in [0.1, 0.15) is 5.82 Å². The zero-order valence-corrected chi connectivity index (χ0v) is 13.0. The minimum atomic E-state index is -0.243. The summed E-state index contributed by atoms with van der Waals surface area (Å²) in [6, 6.07) is 6.63.